The summed E-state index contributed by atoms with van der Waals surface area (Å²) in [5.41, 5.74) is 0. The number of hydrogen-bond acceptors (Lipinski definition) is 4. The standard InChI is InChI=1S/C19H29N3O2S/c23-18(20-9-6-12-21-10-2-1-3-11-21)16-7-4-13-22(15-16)19(24)17-8-5-14-25-17/h5,8,14,16H,1-4,6-7,9-13,15H2,(H,20,23). The summed E-state index contributed by atoms with van der Waals surface area (Å²) >= 11 is 1.47. The number of piperidine rings is 2. The van der Waals surface area contributed by atoms with Gasteiger partial charge in [0.1, 0.15) is 0 Å². The van der Waals surface area contributed by atoms with E-state index in [9.17, 15) is 9.59 Å². The molecular formula is C19H29N3O2S. The lowest BCUT2D eigenvalue weighted by Crippen LogP contribution is -2.45. The maximum atomic E-state index is 12.5. The van der Waals surface area contributed by atoms with E-state index in [1.54, 1.807) is 0 Å². The van der Waals surface area contributed by atoms with E-state index in [4.69, 9.17) is 0 Å². The van der Waals surface area contributed by atoms with Gasteiger partial charge in [0.25, 0.3) is 5.91 Å². The highest BCUT2D eigenvalue weighted by atomic mass is 32.1. The molecule has 2 amide bonds. The number of nitrogens with one attached hydrogen (secondary N) is 1. The van der Waals surface area contributed by atoms with Gasteiger partial charge in [-0.25, -0.2) is 0 Å². The third-order valence-electron chi connectivity index (χ3n) is 5.21. The fraction of sp³-hybridized carbons (Fsp3) is 0.684. The van der Waals surface area contributed by atoms with Gasteiger partial charge in [0.15, 0.2) is 0 Å². The largest absolute Gasteiger partial charge is 0.356 e. The van der Waals surface area contributed by atoms with Gasteiger partial charge in [-0.1, -0.05) is 12.5 Å². The van der Waals surface area contributed by atoms with Crippen LogP contribution in [-0.2, 0) is 4.79 Å². The van der Waals surface area contributed by atoms with Crippen molar-refractivity contribution in [3.8, 4) is 0 Å². The molecule has 2 aliphatic rings. The first-order chi connectivity index (χ1) is 12.2. The predicted octanol–water partition coefficient (Wildman–Crippen LogP) is 2.59. The minimum atomic E-state index is -0.0624. The maximum absolute atomic E-state index is 12.5. The summed E-state index contributed by atoms with van der Waals surface area (Å²) in [7, 11) is 0. The molecule has 1 N–H and O–H groups in total. The van der Waals surface area contributed by atoms with Crippen LogP contribution < -0.4 is 5.32 Å². The number of amides is 2. The average Bonchev–Trinajstić information content (AvgIpc) is 3.20. The van der Waals surface area contributed by atoms with Gasteiger partial charge < -0.3 is 15.1 Å². The van der Waals surface area contributed by atoms with Crippen LogP contribution in [0.4, 0.5) is 0 Å². The highest BCUT2D eigenvalue weighted by Crippen LogP contribution is 2.20. The summed E-state index contributed by atoms with van der Waals surface area (Å²) in [6.45, 7) is 5.54. The highest BCUT2D eigenvalue weighted by molar-refractivity contribution is 7.12. The fourth-order valence-electron chi connectivity index (χ4n) is 3.77. The SMILES string of the molecule is O=C(NCCCN1CCCCC1)C1CCCN(C(=O)c2cccs2)C1. The molecular weight excluding hydrogens is 334 g/mol. The van der Waals surface area contributed by atoms with Crippen LogP contribution in [0, 0.1) is 5.92 Å². The lowest BCUT2D eigenvalue weighted by Gasteiger charge is -2.32. The summed E-state index contributed by atoms with van der Waals surface area (Å²) in [4.78, 5) is 30.0. The van der Waals surface area contributed by atoms with Gasteiger partial charge in [-0.05, 0) is 63.2 Å². The van der Waals surface area contributed by atoms with Crippen molar-refractivity contribution in [1.29, 1.82) is 0 Å². The van der Waals surface area contributed by atoms with E-state index in [2.05, 4.69) is 10.2 Å². The van der Waals surface area contributed by atoms with Crippen LogP contribution in [0.25, 0.3) is 0 Å². The molecule has 0 radical (unpaired) electrons. The Morgan fingerprint density at radius 1 is 1.16 bits per heavy atom. The molecule has 25 heavy (non-hydrogen) atoms. The average molecular weight is 364 g/mol. The number of thiophene rings is 1. The Morgan fingerprint density at radius 3 is 2.76 bits per heavy atom. The van der Waals surface area contributed by atoms with E-state index in [1.165, 1.54) is 43.7 Å². The zero-order valence-corrected chi connectivity index (χ0v) is 15.7. The van der Waals surface area contributed by atoms with E-state index in [0.29, 0.717) is 6.54 Å². The molecule has 3 rings (SSSR count). The molecule has 3 heterocycles. The van der Waals surface area contributed by atoms with Crippen molar-refractivity contribution < 1.29 is 9.59 Å². The number of carbonyl (C=O) groups excluding carboxylic acids is 2. The molecule has 1 aromatic heterocycles. The first kappa shape index (κ1) is 18.4. The lowest BCUT2D eigenvalue weighted by molar-refractivity contribution is -0.126. The Labute approximate surface area is 154 Å². The second kappa shape index (κ2) is 9.34. The van der Waals surface area contributed by atoms with Gasteiger partial charge in [0.2, 0.25) is 5.91 Å². The van der Waals surface area contributed by atoms with Crippen molar-refractivity contribution in [2.24, 2.45) is 5.92 Å². The van der Waals surface area contributed by atoms with Gasteiger partial charge in [-0.2, -0.15) is 0 Å². The Kier molecular flexibility index (Phi) is 6.87. The Hall–Kier alpha value is -1.40. The van der Waals surface area contributed by atoms with Gasteiger partial charge in [0.05, 0.1) is 10.8 Å². The number of nitrogens with zero attached hydrogens (tertiary/aromatic N) is 2. The molecule has 1 aromatic rings. The second-order valence-corrected chi connectivity index (χ2v) is 8.06. The summed E-state index contributed by atoms with van der Waals surface area (Å²) in [5.74, 6) is 0.118. The smallest absolute Gasteiger partial charge is 0.263 e. The third-order valence-corrected chi connectivity index (χ3v) is 6.07. The maximum Gasteiger partial charge on any atom is 0.263 e. The zero-order chi connectivity index (χ0) is 17.5. The normalized spacial score (nSPS) is 21.9. The molecule has 0 aromatic carbocycles. The predicted molar refractivity (Wildman–Crippen MR) is 101 cm³/mol. The number of hydrogen-bond donors (Lipinski definition) is 1. The Balaban J connectivity index is 1.38. The summed E-state index contributed by atoms with van der Waals surface area (Å²) < 4.78 is 0. The Bertz CT molecular complexity index is 555. The molecule has 5 nitrogen and oxygen atoms in total. The molecule has 1 unspecified atom stereocenters. The molecule has 0 saturated carbocycles. The van der Waals surface area contributed by atoms with Crippen molar-refractivity contribution in [3.63, 3.8) is 0 Å². The topological polar surface area (TPSA) is 52.7 Å². The third kappa shape index (κ3) is 5.28. The van der Waals surface area contributed by atoms with Crippen molar-refractivity contribution in [2.45, 2.75) is 38.5 Å². The first-order valence-electron chi connectivity index (χ1n) is 9.57. The van der Waals surface area contributed by atoms with Gasteiger partial charge >= 0.3 is 0 Å². The summed E-state index contributed by atoms with van der Waals surface area (Å²) in [5, 5.41) is 5.01. The highest BCUT2D eigenvalue weighted by Gasteiger charge is 2.29. The molecule has 138 valence electrons. The summed E-state index contributed by atoms with van der Waals surface area (Å²) in [6, 6.07) is 3.76. The quantitative estimate of drug-likeness (QED) is 0.791. The first-order valence-corrected chi connectivity index (χ1v) is 10.4. The van der Waals surface area contributed by atoms with E-state index in [1.807, 2.05) is 22.4 Å². The monoisotopic (exact) mass is 363 g/mol. The molecule has 2 fully saturated rings. The van der Waals surface area contributed by atoms with Crippen LogP contribution in [0.15, 0.2) is 17.5 Å². The lowest BCUT2D eigenvalue weighted by atomic mass is 9.97. The van der Waals surface area contributed by atoms with Crippen LogP contribution >= 0.6 is 11.3 Å². The van der Waals surface area contributed by atoms with Gasteiger partial charge in [-0.15, -0.1) is 11.3 Å². The fourth-order valence-corrected chi connectivity index (χ4v) is 4.46. The molecule has 2 saturated heterocycles. The van der Waals surface area contributed by atoms with E-state index < -0.39 is 0 Å². The minimum Gasteiger partial charge on any atom is -0.356 e. The molecule has 0 spiro atoms. The molecule has 0 bridgehead atoms. The van der Waals surface area contributed by atoms with E-state index >= 15 is 0 Å². The van der Waals surface area contributed by atoms with E-state index in [0.717, 1.165) is 43.8 Å². The van der Waals surface area contributed by atoms with Crippen LogP contribution in [0.2, 0.25) is 0 Å². The minimum absolute atomic E-state index is 0.0624. The van der Waals surface area contributed by atoms with Gasteiger partial charge in [0, 0.05) is 19.6 Å². The number of rotatable bonds is 6. The van der Waals surface area contributed by atoms with E-state index in [-0.39, 0.29) is 17.7 Å². The van der Waals surface area contributed by atoms with Crippen LogP contribution in [0.3, 0.4) is 0 Å². The molecule has 2 aliphatic heterocycles. The van der Waals surface area contributed by atoms with Crippen molar-refractivity contribution in [3.05, 3.63) is 22.4 Å². The Morgan fingerprint density at radius 2 is 2.00 bits per heavy atom. The van der Waals surface area contributed by atoms with Crippen LogP contribution in [0.5, 0.6) is 0 Å². The summed E-state index contributed by atoms with van der Waals surface area (Å²) in [6.07, 6.45) is 6.77. The zero-order valence-electron chi connectivity index (χ0n) is 14.9. The van der Waals surface area contributed by atoms with Crippen molar-refractivity contribution >= 4 is 23.2 Å². The van der Waals surface area contributed by atoms with Crippen molar-refractivity contribution in [2.75, 3.05) is 39.3 Å². The number of carbonyl (C=O) groups is 2. The van der Waals surface area contributed by atoms with Crippen LogP contribution in [-0.4, -0.2) is 60.9 Å². The van der Waals surface area contributed by atoms with Crippen molar-refractivity contribution in [1.82, 2.24) is 15.1 Å². The van der Waals surface area contributed by atoms with Gasteiger partial charge in [-0.3, -0.25) is 9.59 Å². The second-order valence-electron chi connectivity index (χ2n) is 7.11. The molecule has 0 aliphatic carbocycles. The molecule has 6 heteroatoms. The number of likely N-dealkylation sites (tertiary alicyclic amines) is 2. The molecule has 1 atom stereocenters. The van der Waals surface area contributed by atoms with Crippen LogP contribution in [0.1, 0.15) is 48.2 Å².